The van der Waals surface area contributed by atoms with Gasteiger partial charge in [0.05, 0.1) is 27.9 Å². The summed E-state index contributed by atoms with van der Waals surface area (Å²) < 4.78 is 16.6. The van der Waals surface area contributed by atoms with Crippen molar-refractivity contribution in [1.82, 2.24) is 19.5 Å². The van der Waals surface area contributed by atoms with Crippen LogP contribution in [0.25, 0.3) is 38.8 Å². The number of benzene rings is 2. The fraction of sp³-hybridized carbons (Fsp3) is 0.0417. The maximum Gasteiger partial charge on any atom is 0.149 e. The maximum atomic E-state index is 14.6. The summed E-state index contributed by atoms with van der Waals surface area (Å²) in [7, 11) is 0. The number of aliphatic imine (C=N–C) groups is 1. The standard InChI is InChI=1S/C24H17ClFN7/c1-13-32-23-17(24(28)31-12-27)9-14(15-5-7-29-11-19(15)26)10-21(23)33(13)20-6-8-30-22-16(20)3-2-4-18(22)25/h2-12H,1H3,(H3,27,28,31). The van der Waals surface area contributed by atoms with Gasteiger partial charge in [-0.3, -0.25) is 19.9 Å². The van der Waals surface area contributed by atoms with Crippen LogP contribution in [-0.2, 0) is 0 Å². The van der Waals surface area contributed by atoms with Crippen molar-refractivity contribution in [3.05, 3.63) is 83.3 Å². The van der Waals surface area contributed by atoms with Crippen LogP contribution in [0.5, 0.6) is 0 Å². The minimum Gasteiger partial charge on any atom is -0.383 e. The first-order valence-electron chi connectivity index (χ1n) is 9.98. The van der Waals surface area contributed by atoms with Crippen molar-refractivity contribution >= 4 is 45.7 Å². The number of pyridine rings is 2. The number of halogens is 2. The van der Waals surface area contributed by atoms with Gasteiger partial charge in [-0.1, -0.05) is 23.7 Å². The van der Waals surface area contributed by atoms with E-state index in [1.54, 1.807) is 24.4 Å². The number of para-hydroxylation sites is 1. The molecule has 7 nitrogen and oxygen atoms in total. The molecule has 5 aromatic rings. The van der Waals surface area contributed by atoms with Gasteiger partial charge in [-0.2, -0.15) is 0 Å². The average molecular weight is 458 g/mol. The Morgan fingerprint density at radius 3 is 2.82 bits per heavy atom. The van der Waals surface area contributed by atoms with Crippen molar-refractivity contribution in [1.29, 1.82) is 5.41 Å². The number of nitrogens with two attached hydrogens (primary N) is 1. The van der Waals surface area contributed by atoms with Crippen molar-refractivity contribution in [3.8, 4) is 16.8 Å². The lowest BCUT2D eigenvalue weighted by Crippen LogP contribution is -2.14. The highest BCUT2D eigenvalue weighted by atomic mass is 35.5. The molecular weight excluding hydrogens is 441 g/mol. The van der Waals surface area contributed by atoms with Crippen LogP contribution in [0.4, 0.5) is 4.39 Å². The number of amidine groups is 1. The first kappa shape index (κ1) is 20.7. The lowest BCUT2D eigenvalue weighted by Gasteiger charge is -2.13. The summed E-state index contributed by atoms with van der Waals surface area (Å²) in [5.74, 6) is 0.335. The molecule has 0 radical (unpaired) electrons. The number of nitrogens with zero attached hydrogens (tertiary/aromatic N) is 5. The molecule has 0 aliphatic heterocycles. The molecule has 0 saturated carbocycles. The van der Waals surface area contributed by atoms with E-state index in [9.17, 15) is 4.39 Å². The van der Waals surface area contributed by atoms with Crippen molar-refractivity contribution < 1.29 is 4.39 Å². The third-order valence-corrected chi connectivity index (χ3v) is 5.74. The summed E-state index contributed by atoms with van der Waals surface area (Å²) in [6.45, 7) is 1.87. The molecule has 0 unspecified atom stereocenters. The number of aromatic nitrogens is 4. The molecule has 0 atom stereocenters. The van der Waals surface area contributed by atoms with E-state index in [2.05, 4.69) is 15.0 Å². The zero-order valence-electron chi connectivity index (χ0n) is 17.4. The van der Waals surface area contributed by atoms with Crippen molar-refractivity contribution in [2.24, 2.45) is 10.7 Å². The Balaban J connectivity index is 1.90. The molecule has 5 rings (SSSR count). The van der Waals surface area contributed by atoms with Crippen LogP contribution < -0.4 is 5.73 Å². The molecule has 3 heterocycles. The van der Waals surface area contributed by atoms with Crippen LogP contribution >= 0.6 is 11.6 Å². The number of hydrogen-bond acceptors (Lipinski definition) is 4. The van der Waals surface area contributed by atoms with Crippen LogP contribution in [0.1, 0.15) is 11.4 Å². The van der Waals surface area contributed by atoms with Crippen LogP contribution in [0, 0.1) is 18.2 Å². The van der Waals surface area contributed by atoms with Gasteiger partial charge in [0, 0.05) is 28.9 Å². The molecule has 33 heavy (non-hydrogen) atoms. The molecule has 3 aromatic heterocycles. The van der Waals surface area contributed by atoms with Gasteiger partial charge in [-0.25, -0.2) is 14.4 Å². The van der Waals surface area contributed by atoms with E-state index in [0.717, 1.165) is 23.6 Å². The molecule has 0 fully saturated rings. The molecule has 0 aliphatic carbocycles. The molecule has 0 saturated heterocycles. The second kappa shape index (κ2) is 8.07. The predicted molar refractivity (Wildman–Crippen MR) is 129 cm³/mol. The molecular formula is C24H17ClFN7. The Bertz CT molecular complexity index is 1590. The fourth-order valence-electron chi connectivity index (χ4n) is 4.02. The highest BCUT2D eigenvalue weighted by molar-refractivity contribution is 6.35. The monoisotopic (exact) mass is 457 g/mol. The molecule has 0 aliphatic rings. The Labute approximate surface area is 192 Å². The quantitative estimate of drug-likeness (QED) is 0.291. The topological polar surface area (TPSA) is 106 Å². The van der Waals surface area contributed by atoms with Gasteiger partial charge < -0.3 is 5.73 Å². The minimum absolute atomic E-state index is 0.110. The number of rotatable bonds is 4. The Kier molecular flexibility index (Phi) is 5.07. The van der Waals surface area contributed by atoms with E-state index in [0.29, 0.717) is 44.1 Å². The second-order valence-electron chi connectivity index (χ2n) is 7.35. The fourth-order valence-corrected chi connectivity index (χ4v) is 4.24. The summed E-state index contributed by atoms with van der Waals surface area (Å²) in [6, 6.07) is 12.6. The third kappa shape index (κ3) is 3.41. The summed E-state index contributed by atoms with van der Waals surface area (Å²) in [6.07, 6.45) is 5.24. The lowest BCUT2D eigenvalue weighted by molar-refractivity contribution is 0.625. The van der Waals surface area contributed by atoms with Gasteiger partial charge >= 0.3 is 0 Å². The number of aryl methyl sites for hydroxylation is 1. The molecule has 9 heteroatoms. The summed E-state index contributed by atoms with van der Waals surface area (Å²) >= 11 is 6.38. The first-order valence-corrected chi connectivity index (χ1v) is 10.4. The van der Waals surface area contributed by atoms with E-state index < -0.39 is 5.82 Å². The summed E-state index contributed by atoms with van der Waals surface area (Å²) in [5.41, 5.74) is 10.4. The van der Waals surface area contributed by atoms with E-state index in [4.69, 9.17) is 27.7 Å². The second-order valence-corrected chi connectivity index (χ2v) is 7.76. The zero-order valence-corrected chi connectivity index (χ0v) is 18.2. The van der Waals surface area contributed by atoms with Gasteiger partial charge in [0.2, 0.25) is 0 Å². The highest BCUT2D eigenvalue weighted by Gasteiger charge is 2.19. The molecule has 162 valence electrons. The number of nitrogens with one attached hydrogen (secondary N) is 1. The molecule has 0 bridgehead atoms. The van der Waals surface area contributed by atoms with Crippen LogP contribution in [-0.4, -0.2) is 31.7 Å². The van der Waals surface area contributed by atoms with Crippen molar-refractivity contribution in [2.75, 3.05) is 0 Å². The maximum absolute atomic E-state index is 14.6. The third-order valence-electron chi connectivity index (χ3n) is 5.43. The lowest BCUT2D eigenvalue weighted by atomic mass is 10.0. The minimum atomic E-state index is -0.464. The molecule has 3 N–H and O–H groups in total. The van der Waals surface area contributed by atoms with Gasteiger partial charge in [-0.15, -0.1) is 0 Å². The Hall–Kier alpha value is -4.17. The van der Waals surface area contributed by atoms with Crippen LogP contribution in [0.3, 0.4) is 0 Å². The van der Waals surface area contributed by atoms with Crippen LogP contribution in [0.15, 0.2) is 66.0 Å². The Morgan fingerprint density at radius 1 is 1.18 bits per heavy atom. The van der Waals surface area contributed by atoms with Crippen molar-refractivity contribution in [2.45, 2.75) is 6.92 Å². The van der Waals surface area contributed by atoms with E-state index in [-0.39, 0.29) is 5.84 Å². The Morgan fingerprint density at radius 2 is 2.03 bits per heavy atom. The molecule has 2 aromatic carbocycles. The van der Waals surface area contributed by atoms with Gasteiger partial charge in [0.25, 0.3) is 0 Å². The first-order chi connectivity index (χ1) is 16.0. The number of hydrogen-bond donors (Lipinski definition) is 2. The summed E-state index contributed by atoms with van der Waals surface area (Å²) in [4.78, 5) is 16.9. The zero-order chi connectivity index (χ0) is 23.1. The number of fused-ring (bicyclic) bond motifs is 2. The SMILES string of the molecule is Cc1nc2c(C(N)=NC=N)cc(-c3ccncc3F)cc2n1-c1ccnc2c(Cl)cccc12. The molecule has 0 amide bonds. The van der Waals surface area contributed by atoms with Crippen molar-refractivity contribution in [3.63, 3.8) is 0 Å². The van der Waals surface area contributed by atoms with Gasteiger partial charge in [0.15, 0.2) is 0 Å². The van der Waals surface area contributed by atoms with E-state index in [1.807, 2.05) is 35.8 Å². The smallest absolute Gasteiger partial charge is 0.149 e. The van der Waals surface area contributed by atoms with E-state index >= 15 is 0 Å². The largest absolute Gasteiger partial charge is 0.383 e. The molecule has 0 spiro atoms. The number of imidazole rings is 1. The van der Waals surface area contributed by atoms with Gasteiger partial charge in [-0.05, 0) is 42.8 Å². The van der Waals surface area contributed by atoms with E-state index in [1.165, 1.54) is 6.20 Å². The summed E-state index contributed by atoms with van der Waals surface area (Å²) in [5, 5.41) is 8.71. The average Bonchev–Trinajstić information content (AvgIpc) is 3.14. The van der Waals surface area contributed by atoms with Crippen LogP contribution in [0.2, 0.25) is 5.02 Å². The van der Waals surface area contributed by atoms with Gasteiger partial charge in [0.1, 0.15) is 29.3 Å². The highest BCUT2D eigenvalue weighted by Crippen LogP contribution is 2.34. The predicted octanol–water partition coefficient (Wildman–Crippen LogP) is 5.05. The normalized spacial score (nSPS) is 11.9.